The fourth-order valence-corrected chi connectivity index (χ4v) is 3.56. The molecule has 0 unspecified atom stereocenters. The van der Waals surface area contributed by atoms with Crippen LogP contribution >= 0.6 is 23.2 Å². The van der Waals surface area contributed by atoms with Crippen molar-refractivity contribution in [3.63, 3.8) is 0 Å². The molecular weight excluding hydrogens is 472 g/mol. The van der Waals surface area contributed by atoms with Crippen LogP contribution in [-0.4, -0.2) is 30.9 Å². The molecule has 1 N–H and O–H groups in total. The number of nitrogens with one attached hydrogen (secondary N) is 1. The molecule has 1 saturated heterocycles. The number of benzene rings is 2. The Balaban J connectivity index is 1.59. The number of carbonyl (C=O) groups excluding carboxylic acids is 3. The lowest BCUT2D eigenvalue weighted by Crippen LogP contribution is -2.28. The molecule has 1 aliphatic rings. The summed E-state index contributed by atoms with van der Waals surface area (Å²) < 4.78 is 43.5. The monoisotopic (exact) mass is 488 g/mol. The second kappa shape index (κ2) is 9.38. The minimum atomic E-state index is -4.61. The lowest BCUT2D eigenvalue weighted by atomic mass is 10.1. The van der Waals surface area contributed by atoms with Crippen LogP contribution in [0.4, 0.5) is 24.5 Å². The molecule has 1 aliphatic heterocycles. The van der Waals surface area contributed by atoms with Gasteiger partial charge in [-0.05, 0) is 42.8 Å². The number of anilines is 2. The highest BCUT2D eigenvalue weighted by Gasteiger charge is 2.37. The summed E-state index contributed by atoms with van der Waals surface area (Å²) in [5.74, 6) is -2.74. The summed E-state index contributed by atoms with van der Waals surface area (Å²) in [7, 11) is 0. The zero-order valence-electron chi connectivity index (χ0n) is 16.6. The first kappa shape index (κ1) is 23.9. The Kier molecular flexibility index (Phi) is 7.00. The Labute approximate surface area is 191 Å². The smallest absolute Gasteiger partial charge is 0.416 e. The summed E-state index contributed by atoms with van der Waals surface area (Å²) in [4.78, 5) is 38.2. The molecular formula is C21H17Cl2F3N2O4. The maximum atomic E-state index is 12.8. The van der Waals surface area contributed by atoms with E-state index in [9.17, 15) is 27.6 Å². The first-order valence-corrected chi connectivity index (χ1v) is 10.1. The molecule has 1 heterocycles. The number of halogens is 5. The van der Waals surface area contributed by atoms with Crippen molar-refractivity contribution in [3.05, 3.63) is 57.6 Å². The average molecular weight is 489 g/mol. The van der Waals surface area contributed by atoms with Crippen LogP contribution in [0.1, 0.15) is 17.5 Å². The third-order valence-electron chi connectivity index (χ3n) is 4.90. The zero-order chi connectivity index (χ0) is 23.6. The highest BCUT2D eigenvalue weighted by molar-refractivity contribution is 6.33. The summed E-state index contributed by atoms with van der Waals surface area (Å²) in [6, 6.07) is 7.54. The number of carbonyl (C=O) groups is 3. The Morgan fingerprint density at radius 2 is 1.91 bits per heavy atom. The molecule has 6 nitrogen and oxygen atoms in total. The lowest BCUT2D eigenvalue weighted by molar-refractivity contribution is -0.151. The maximum absolute atomic E-state index is 12.8. The molecule has 0 spiro atoms. The van der Waals surface area contributed by atoms with E-state index >= 15 is 0 Å². The van der Waals surface area contributed by atoms with Gasteiger partial charge in [-0.25, -0.2) is 0 Å². The molecule has 0 saturated carbocycles. The minimum Gasteiger partial charge on any atom is -0.455 e. The number of esters is 1. The van der Waals surface area contributed by atoms with E-state index in [1.165, 1.54) is 4.90 Å². The van der Waals surface area contributed by atoms with Crippen molar-refractivity contribution in [3.8, 4) is 0 Å². The molecule has 32 heavy (non-hydrogen) atoms. The van der Waals surface area contributed by atoms with E-state index in [2.05, 4.69) is 5.32 Å². The van der Waals surface area contributed by atoms with Crippen LogP contribution < -0.4 is 10.2 Å². The van der Waals surface area contributed by atoms with Crippen molar-refractivity contribution in [1.29, 1.82) is 0 Å². The van der Waals surface area contributed by atoms with Crippen LogP contribution in [0.5, 0.6) is 0 Å². The van der Waals surface area contributed by atoms with E-state index in [4.69, 9.17) is 27.9 Å². The van der Waals surface area contributed by atoms with Gasteiger partial charge in [0.05, 0.1) is 22.2 Å². The average Bonchev–Trinajstić information content (AvgIpc) is 3.10. The number of hydrogen-bond donors (Lipinski definition) is 1. The molecule has 0 bridgehead atoms. The van der Waals surface area contributed by atoms with Crippen molar-refractivity contribution in [2.24, 2.45) is 5.92 Å². The number of amides is 2. The van der Waals surface area contributed by atoms with Gasteiger partial charge in [-0.2, -0.15) is 13.2 Å². The second-order valence-corrected chi connectivity index (χ2v) is 7.95. The van der Waals surface area contributed by atoms with Crippen molar-refractivity contribution >= 4 is 52.4 Å². The fraction of sp³-hybridized carbons (Fsp3) is 0.286. The normalized spacial score (nSPS) is 16.2. The molecule has 11 heteroatoms. The molecule has 0 radical (unpaired) electrons. The SMILES string of the molecule is Cc1c(Cl)cccc1N1C[C@@H](C(=O)OCC(=O)Nc2cc(C(F)(F)F)ccc2Cl)CC1=O. The van der Waals surface area contributed by atoms with Crippen LogP contribution in [-0.2, 0) is 25.3 Å². The van der Waals surface area contributed by atoms with Crippen LogP contribution in [0.2, 0.25) is 10.0 Å². The van der Waals surface area contributed by atoms with Gasteiger partial charge in [0, 0.05) is 23.7 Å². The predicted molar refractivity (Wildman–Crippen MR) is 113 cm³/mol. The summed E-state index contributed by atoms with van der Waals surface area (Å²) >= 11 is 11.9. The van der Waals surface area contributed by atoms with Crippen LogP contribution in [0.3, 0.4) is 0 Å². The standard InChI is InChI=1S/C21H17Cl2F3N2O4/c1-11-14(22)3-2-4-17(11)28-9-12(7-19(28)30)20(31)32-10-18(29)27-16-8-13(21(24,25)26)5-6-15(16)23/h2-6,8,12H,7,9-10H2,1H3,(H,27,29)/t12-/m0/s1. The number of hydrogen-bond acceptors (Lipinski definition) is 4. The van der Waals surface area contributed by atoms with Crippen LogP contribution in [0.15, 0.2) is 36.4 Å². The maximum Gasteiger partial charge on any atom is 0.416 e. The first-order chi connectivity index (χ1) is 15.0. The number of nitrogens with zero attached hydrogens (tertiary/aromatic N) is 1. The van der Waals surface area contributed by atoms with E-state index in [-0.39, 0.29) is 29.6 Å². The van der Waals surface area contributed by atoms with Gasteiger partial charge in [0.1, 0.15) is 0 Å². The van der Waals surface area contributed by atoms with Gasteiger partial charge in [0.25, 0.3) is 5.91 Å². The Morgan fingerprint density at radius 1 is 1.19 bits per heavy atom. The molecule has 2 aromatic carbocycles. The van der Waals surface area contributed by atoms with Crippen LogP contribution in [0.25, 0.3) is 0 Å². The van der Waals surface area contributed by atoms with E-state index in [1.54, 1.807) is 25.1 Å². The van der Waals surface area contributed by atoms with E-state index in [0.717, 1.165) is 12.1 Å². The topological polar surface area (TPSA) is 75.7 Å². The molecule has 1 fully saturated rings. The third kappa shape index (κ3) is 5.34. The zero-order valence-corrected chi connectivity index (χ0v) is 18.1. The minimum absolute atomic E-state index is 0.0555. The van der Waals surface area contributed by atoms with Gasteiger partial charge < -0.3 is 15.0 Å². The predicted octanol–water partition coefficient (Wildman–Crippen LogP) is 4.86. The van der Waals surface area contributed by atoms with Gasteiger partial charge >= 0.3 is 12.1 Å². The van der Waals surface area contributed by atoms with Crippen molar-refractivity contribution < 1.29 is 32.3 Å². The van der Waals surface area contributed by atoms with E-state index < -0.39 is 36.1 Å². The molecule has 3 rings (SSSR count). The number of rotatable bonds is 5. The Bertz CT molecular complexity index is 1080. The molecule has 2 amide bonds. The molecule has 170 valence electrons. The summed E-state index contributed by atoms with van der Waals surface area (Å²) in [6.45, 7) is 1.06. The van der Waals surface area contributed by atoms with Gasteiger partial charge in [-0.3, -0.25) is 14.4 Å². The van der Waals surface area contributed by atoms with Crippen molar-refractivity contribution in [1.82, 2.24) is 0 Å². The molecule has 0 aliphatic carbocycles. The van der Waals surface area contributed by atoms with E-state index in [0.29, 0.717) is 22.3 Å². The summed E-state index contributed by atoms with van der Waals surface area (Å²) in [6.07, 6.45) is -4.72. The Hall–Kier alpha value is -2.78. The van der Waals surface area contributed by atoms with Gasteiger partial charge in [-0.1, -0.05) is 29.3 Å². The van der Waals surface area contributed by atoms with Crippen molar-refractivity contribution in [2.45, 2.75) is 19.5 Å². The fourth-order valence-electron chi connectivity index (χ4n) is 3.23. The molecule has 0 aromatic heterocycles. The molecule has 1 atom stereocenters. The Morgan fingerprint density at radius 3 is 2.59 bits per heavy atom. The summed E-state index contributed by atoms with van der Waals surface area (Å²) in [5.41, 5.74) is 0.0138. The first-order valence-electron chi connectivity index (χ1n) is 9.36. The second-order valence-electron chi connectivity index (χ2n) is 7.14. The summed E-state index contributed by atoms with van der Waals surface area (Å²) in [5, 5.41) is 2.56. The quantitative estimate of drug-likeness (QED) is 0.610. The van der Waals surface area contributed by atoms with Gasteiger partial charge in [-0.15, -0.1) is 0 Å². The lowest BCUT2D eigenvalue weighted by Gasteiger charge is -2.19. The van der Waals surface area contributed by atoms with Crippen LogP contribution in [0, 0.1) is 12.8 Å². The molecule has 2 aromatic rings. The van der Waals surface area contributed by atoms with E-state index in [1.807, 2.05) is 0 Å². The third-order valence-corrected chi connectivity index (χ3v) is 5.64. The largest absolute Gasteiger partial charge is 0.455 e. The van der Waals surface area contributed by atoms with Gasteiger partial charge in [0.15, 0.2) is 6.61 Å². The van der Waals surface area contributed by atoms with Crippen molar-refractivity contribution in [2.75, 3.05) is 23.4 Å². The highest BCUT2D eigenvalue weighted by Crippen LogP contribution is 2.34. The highest BCUT2D eigenvalue weighted by atomic mass is 35.5. The number of alkyl halides is 3. The van der Waals surface area contributed by atoms with Gasteiger partial charge in [0.2, 0.25) is 5.91 Å². The number of ether oxygens (including phenoxy) is 1.